The number of hydrogen-bond acceptors (Lipinski definition) is 6. The second kappa shape index (κ2) is 23.5. The minimum Gasteiger partial charge on any atom is -1.00 e. The van der Waals surface area contributed by atoms with Crippen LogP contribution in [0.4, 0.5) is 0 Å². The first-order valence-electron chi connectivity index (χ1n) is 10.3. The molecule has 0 aromatic heterocycles. The highest BCUT2D eigenvalue weighted by Gasteiger charge is 2.26. The van der Waals surface area contributed by atoms with E-state index in [1.807, 2.05) is 0 Å². The Morgan fingerprint density at radius 2 is 0.893 bits per heavy atom. The van der Waals surface area contributed by atoms with Gasteiger partial charge in [-0.05, 0) is 12.8 Å². The van der Waals surface area contributed by atoms with Crippen molar-refractivity contribution >= 4 is 0 Å². The van der Waals surface area contributed by atoms with Gasteiger partial charge < -0.3 is 49.9 Å². The van der Waals surface area contributed by atoms with Crippen molar-refractivity contribution in [1.82, 2.24) is 0 Å². The largest absolute Gasteiger partial charge is 1.00 e. The molecule has 172 valence electrons. The van der Waals surface area contributed by atoms with Crippen LogP contribution in [0.3, 0.4) is 0 Å². The van der Waals surface area contributed by atoms with E-state index in [1.54, 1.807) is 21.3 Å². The van der Waals surface area contributed by atoms with Crippen LogP contribution in [-0.2, 0) is 28.4 Å². The Morgan fingerprint density at radius 1 is 0.500 bits per heavy atom. The molecule has 0 saturated carbocycles. The summed E-state index contributed by atoms with van der Waals surface area (Å²) >= 11 is 0. The van der Waals surface area contributed by atoms with Crippen molar-refractivity contribution in [3.05, 3.63) is 0 Å². The molecule has 0 rings (SSSR count). The monoisotopic (exact) mass is 473 g/mol. The second-order valence-corrected chi connectivity index (χ2v) is 6.76. The molecule has 7 nitrogen and oxygen atoms in total. The Morgan fingerprint density at radius 3 is 1.21 bits per heavy atom. The summed E-state index contributed by atoms with van der Waals surface area (Å²) in [4.78, 5) is 0. The highest BCUT2D eigenvalue weighted by atomic mass is 79.9. The van der Waals surface area contributed by atoms with Crippen molar-refractivity contribution < 1.29 is 49.9 Å². The molecule has 0 amide bonds. The molecule has 0 radical (unpaired) electrons. The highest BCUT2D eigenvalue weighted by molar-refractivity contribution is 4.50. The van der Waals surface area contributed by atoms with E-state index < -0.39 is 0 Å². The molecule has 0 aliphatic carbocycles. The van der Waals surface area contributed by atoms with E-state index in [4.69, 9.17) is 28.4 Å². The fraction of sp³-hybridized carbons (Fsp3) is 1.00. The molecule has 0 N–H and O–H groups in total. The van der Waals surface area contributed by atoms with Gasteiger partial charge in [0.1, 0.15) is 19.6 Å². The summed E-state index contributed by atoms with van der Waals surface area (Å²) in [5, 5.41) is 0. The highest BCUT2D eigenvalue weighted by Crippen LogP contribution is 2.11. The van der Waals surface area contributed by atoms with Crippen LogP contribution in [0.1, 0.15) is 26.2 Å². The van der Waals surface area contributed by atoms with Gasteiger partial charge in [0, 0.05) is 21.3 Å². The predicted molar refractivity (Wildman–Crippen MR) is 107 cm³/mol. The van der Waals surface area contributed by atoms with E-state index >= 15 is 0 Å². The fourth-order valence-corrected chi connectivity index (χ4v) is 2.88. The van der Waals surface area contributed by atoms with Gasteiger partial charge in [0.25, 0.3) is 0 Å². The van der Waals surface area contributed by atoms with Gasteiger partial charge in [0.2, 0.25) is 0 Å². The van der Waals surface area contributed by atoms with Crippen LogP contribution in [0, 0.1) is 0 Å². The van der Waals surface area contributed by atoms with E-state index in [9.17, 15) is 0 Å². The van der Waals surface area contributed by atoms with Crippen molar-refractivity contribution in [2.75, 3.05) is 107 Å². The lowest BCUT2D eigenvalue weighted by Crippen LogP contribution is -3.00. The van der Waals surface area contributed by atoms with Gasteiger partial charge in [-0.2, -0.15) is 0 Å². The Labute approximate surface area is 183 Å². The number of ether oxygens (including phenoxy) is 6. The Balaban J connectivity index is 0. The summed E-state index contributed by atoms with van der Waals surface area (Å²) in [6.45, 7) is 12.3. The predicted octanol–water partition coefficient (Wildman–Crippen LogP) is -1.01. The molecule has 0 aromatic carbocycles. The number of hydrogen-bond donors (Lipinski definition) is 0. The average molecular weight is 474 g/mol. The first-order chi connectivity index (χ1) is 13.2. The summed E-state index contributed by atoms with van der Waals surface area (Å²) in [6.07, 6.45) is 3.68. The summed E-state index contributed by atoms with van der Waals surface area (Å²) in [5.74, 6) is 0. The molecule has 0 unspecified atom stereocenters. The molecular weight excluding hydrogens is 430 g/mol. The molecule has 28 heavy (non-hydrogen) atoms. The lowest BCUT2D eigenvalue weighted by molar-refractivity contribution is -0.929. The van der Waals surface area contributed by atoms with Crippen LogP contribution in [0.2, 0.25) is 0 Å². The van der Waals surface area contributed by atoms with Crippen molar-refractivity contribution in [2.24, 2.45) is 0 Å². The van der Waals surface area contributed by atoms with E-state index in [2.05, 4.69) is 6.92 Å². The van der Waals surface area contributed by atoms with Crippen molar-refractivity contribution in [2.45, 2.75) is 26.2 Å². The van der Waals surface area contributed by atoms with Crippen LogP contribution in [0.5, 0.6) is 0 Å². The average Bonchev–Trinajstić information content (AvgIpc) is 2.67. The van der Waals surface area contributed by atoms with E-state index in [1.165, 1.54) is 19.3 Å². The number of nitrogens with zero attached hydrogens (tertiary/aromatic N) is 1. The smallest absolute Gasteiger partial charge is 0.103 e. The summed E-state index contributed by atoms with van der Waals surface area (Å²) in [5.41, 5.74) is 0. The quantitative estimate of drug-likeness (QED) is 0.148. The molecule has 8 heteroatoms. The van der Waals surface area contributed by atoms with Gasteiger partial charge in [0.15, 0.2) is 0 Å². The summed E-state index contributed by atoms with van der Waals surface area (Å²) in [7, 11) is 5.09. The van der Waals surface area contributed by atoms with E-state index in [0.29, 0.717) is 39.6 Å². The number of quaternary nitrogens is 1. The Bertz CT molecular complexity index is 264. The molecule has 0 saturated heterocycles. The number of rotatable bonds is 22. The van der Waals surface area contributed by atoms with Crippen LogP contribution in [-0.4, -0.2) is 111 Å². The van der Waals surface area contributed by atoms with Gasteiger partial charge >= 0.3 is 0 Å². The molecule has 0 bridgehead atoms. The molecule has 0 aromatic rings. The fourth-order valence-electron chi connectivity index (χ4n) is 2.88. The maximum absolute atomic E-state index is 5.76. The lowest BCUT2D eigenvalue weighted by atomic mass is 10.2. The third-order valence-corrected chi connectivity index (χ3v) is 4.66. The third kappa shape index (κ3) is 18.2. The SMILES string of the molecule is CCCCC[N+](CCOCCOC)(CCOCCOC)CCOCCOC.[Br-]. The zero-order chi connectivity index (χ0) is 20.1. The van der Waals surface area contributed by atoms with E-state index in [0.717, 1.165) is 50.5 Å². The zero-order valence-corrected chi connectivity index (χ0v) is 20.2. The number of halogens is 1. The van der Waals surface area contributed by atoms with Crippen LogP contribution < -0.4 is 17.0 Å². The van der Waals surface area contributed by atoms with Crippen LogP contribution in [0.25, 0.3) is 0 Å². The van der Waals surface area contributed by atoms with Crippen LogP contribution in [0.15, 0.2) is 0 Å². The summed E-state index contributed by atoms with van der Waals surface area (Å²) < 4.78 is 33.4. The molecule has 0 fully saturated rings. The molecule has 0 atom stereocenters. The van der Waals surface area contributed by atoms with Crippen molar-refractivity contribution in [3.8, 4) is 0 Å². The molecule has 0 aliphatic rings. The maximum Gasteiger partial charge on any atom is 0.103 e. The number of methoxy groups -OCH3 is 3. The minimum atomic E-state index is 0. The first kappa shape index (κ1) is 30.4. The van der Waals surface area contributed by atoms with E-state index in [-0.39, 0.29) is 17.0 Å². The summed E-state index contributed by atoms with van der Waals surface area (Å²) in [6, 6.07) is 0. The van der Waals surface area contributed by atoms with Gasteiger partial charge in [-0.25, -0.2) is 0 Å². The maximum atomic E-state index is 5.76. The van der Waals surface area contributed by atoms with Gasteiger partial charge in [-0.15, -0.1) is 0 Å². The standard InChI is InChI=1S/C20H44NO6.BrH/c1-5-6-7-8-21(9-12-25-18-15-22-2,10-13-26-19-16-23-3)11-14-27-20-17-24-4;/h5-20H2,1-4H3;1H/q+1;/p-1. The first-order valence-corrected chi connectivity index (χ1v) is 10.3. The molecule has 0 heterocycles. The third-order valence-electron chi connectivity index (χ3n) is 4.66. The minimum absolute atomic E-state index is 0. The van der Waals surface area contributed by atoms with Gasteiger partial charge in [-0.3, -0.25) is 0 Å². The zero-order valence-electron chi connectivity index (χ0n) is 18.6. The van der Waals surface area contributed by atoms with Gasteiger partial charge in [0.05, 0.1) is 66.0 Å². The van der Waals surface area contributed by atoms with Crippen molar-refractivity contribution in [1.29, 1.82) is 0 Å². The second-order valence-electron chi connectivity index (χ2n) is 6.76. The molecule has 0 spiro atoms. The normalized spacial score (nSPS) is 11.6. The lowest BCUT2D eigenvalue weighted by Gasteiger charge is -2.39. The topological polar surface area (TPSA) is 55.4 Å². The Kier molecular flexibility index (Phi) is 25.5. The van der Waals surface area contributed by atoms with Crippen LogP contribution >= 0.6 is 0 Å². The number of unbranched alkanes of at least 4 members (excludes halogenated alkanes) is 2. The van der Waals surface area contributed by atoms with Crippen molar-refractivity contribution in [3.63, 3.8) is 0 Å². The van der Waals surface area contributed by atoms with Gasteiger partial charge in [-0.1, -0.05) is 13.3 Å². The molecular formula is C20H44BrNO6. The Hall–Kier alpha value is 0.200. The molecule has 0 aliphatic heterocycles.